The summed E-state index contributed by atoms with van der Waals surface area (Å²) in [4.78, 5) is 26.9. The summed E-state index contributed by atoms with van der Waals surface area (Å²) in [5.74, 6) is -0.811. The number of rotatable bonds is 7. The summed E-state index contributed by atoms with van der Waals surface area (Å²) in [7, 11) is 3.77. The summed E-state index contributed by atoms with van der Waals surface area (Å²) in [5.41, 5.74) is 2.64. The number of ketones is 1. The highest BCUT2D eigenvalue weighted by atomic mass is 16.5. The highest BCUT2D eigenvalue weighted by Crippen LogP contribution is 2.22. The number of Topliss-reactive ketones (excluding diaryl/α,β-unsaturated/α-hetero) is 1. The van der Waals surface area contributed by atoms with E-state index in [1.54, 1.807) is 24.4 Å². The molecule has 0 fully saturated rings. The molecule has 0 atom stereocenters. The molecule has 142 valence electrons. The van der Waals surface area contributed by atoms with Crippen LogP contribution in [0.3, 0.4) is 0 Å². The van der Waals surface area contributed by atoms with Crippen LogP contribution in [-0.2, 0) is 11.3 Å². The van der Waals surface area contributed by atoms with Crippen molar-refractivity contribution in [2.24, 2.45) is 0 Å². The lowest BCUT2D eigenvalue weighted by Gasteiger charge is -2.13. The van der Waals surface area contributed by atoms with E-state index in [4.69, 9.17) is 10.00 Å². The van der Waals surface area contributed by atoms with Gasteiger partial charge in [0.25, 0.3) is 0 Å². The van der Waals surface area contributed by atoms with Crippen LogP contribution in [-0.4, -0.2) is 37.0 Å². The number of benzene rings is 2. The fraction of sp³-hybridized carbons (Fsp3) is 0.227. The van der Waals surface area contributed by atoms with Gasteiger partial charge in [-0.1, -0.05) is 24.3 Å². The fourth-order valence-electron chi connectivity index (χ4n) is 3.03. The first-order valence-corrected chi connectivity index (χ1v) is 8.94. The predicted molar refractivity (Wildman–Crippen MR) is 108 cm³/mol. The van der Waals surface area contributed by atoms with Gasteiger partial charge in [0.2, 0.25) is 5.78 Å². The molecule has 2 aromatic carbocycles. The highest BCUT2D eigenvalue weighted by Gasteiger charge is 2.17. The van der Waals surface area contributed by atoms with Crippen molar-refractivity contribution in [2.75, 3.05) is 25.6 Å². The Bertz CT molecular complexity index is 1060. The van der Waals surface area contributed by atoms with Gasteiger partial charge < -0.3 is 14.2 Å². The van der Waals surface area contributed by atoms with E-state index in [1.807, 2.05) is 53.9 Å². The third-order valence-corrected chi connectivity index (χ3v) is 4.49. The van der Waals surface area contributed by atoms with Crippen molar-refractivity contribution >= 4 is 28.3 Å². The molecule has 0 aliphatic heterocycles. The van der Waals surface area contributed by atoms with Crippen molar-refractivity contribution in [3.63, 3.8) is 0 Å². The van der Waals surface area contributed by atoms with Gasteiger partial charge in [0.1, 0.15) is 0 Å². The summed E-state index contributed by atoms with van der Waals surface area (Å²) in [6.45, 7) is 0.165. The lowest BCUT2D eigenvalue weighted by atomic mass is 10.1. The zero-order valence-corrected chi connectivity index (χ0v) is 15.9. The average Bonchev–Trinajstić information content (AvgIpc) is 3.09. The minimum Gasteiger partial charge on any atom is -0.454 e. The van der Waals surface area contributed by atoms with Gasteiger partial charge in [-0.05, 0) is 24.3 Å². The monoisotopic (exact) mass is 375 g/mol. The van der Waals surface area contributed by atoms with Gasteiger partial charge in [-0.25, -0.2) is 4.79 Å². The quantitative estimate of drug-likeness (QED) is 0.465. The highest BCUT2D eigenvalue weighted by molar-refractivity contribution is 6.09. The Hall–Kier alpha value is -3.59. The zero-order chi connectivity index (χ0) is 20.1. The number of anilines is 1. The summed E-state index contributed by atoms with van der Waals surface area (Å²) in [5, 5.41) is 9.62. The second kappa shape index (κ2) is 8.40. The largest absolute Gasteiger partial charge is 0.454 e. The molecule has 0 saturated carbocycles. The standard InChI is InChI=1S/C22H21N3O3/c1-24(2)17-8-5-7-16(13-17)22(27)28-15-21(26)19-14-25(12-6-11-23)20-10-4-3-9-18(19)20/h3-5,7-10,13-14H,6,12,15H2,1-2H3. The van der Waals surface area contributed by atoms with Crippen LogP contribution in [0.4, 0.5) is 5.69 Å². The molecule has 1 heterocycles. The number of fused-ring (bicyclic) bond motifs is 1. The van der Waals surface area contributed by atoms with Crippen molar-refractivity contribution in [3.05, 3.63) is 65.9 Å². The Kier molecular flexibility index (Phi) is 5.75. The van der Waals surface area contributed by atoms with Crippen molar-refractivity contribution in [1.82, 2.24) is 4.57 Å². The zero-order valence-electron chi connectivity index (χ0n) is 15.9. The first-order valence-electron chi connectivity index (χ1n) is 8.94. The Labute approximate surface area is 163 Å². The number of carbonyl (C=O) groups is 2. The normalized spacial score (nSPS) is 10.5. The fourth-order valence-corrected chi connectivity index (χ4v) is 3.03. The van der Waals surface area contributed by atoms with Crippen LogP contribution < -0.4 is 4.90 Å². The predicted octanol–water partition coefficient (Wildman–Crippen LogP) is 3.66. The molecule has 6 nitrogen and oxygen atoms in total. The molecule has 0 bridgehead atoms. The maximum Gasteiger partial charge on any atom is 0.338 e. The number of hydrogen-bond donors (Lipinski definition) is 0. The third kappa shape index (κ3) is 4.04. The maximum atomic E-state index is 12.7. The van der Waals surface area contributed by atoms with Crippen LogP contribution >= 0.6 is 0 Å². The van der Waals surface area contributed by atoms with Crippen molar-refractivity contribution < 1.29 is 14.3 Å². The molecule has 0 N–H and O–H groups in total. The molecule has 0 aliphatic rings. The van der Waals surface area contributed by atoms with Gasteiger partial charge >= 0.3 is 5.97 Å². The van der Waals surface area contributed by atoms with Crippen LogP contribution in [0.15, 0.2) is 54.7 Å². The van der Waals surface area contributed by atoms with E-state index < -0.39 is 5.97 Å². The van der Waals surface area contributed by atoms with E-state index in [-0.39, 0.29) is 12.4 Å². The number of esters is 1. The van der Waals surface area contributed by atoms with E-state index >= 15 is 0 Å². The summed E-state index contributed by atoms with van der Waals surface area (Å²) < 4.78 is 7.13. The first-order chi connectivity index (χ1) is 13.5. The van der Waals surface area contributed by atoms with Crippen molar-refractivity contribution in [2.45, 2.75) is 13.0 Å². The Balaban J connectivity index is 1.76. The number of nitriles is 1. The number of aromatic nitrogens is 1. The molecule has 0 unspecified atom stereocenters. The van der Waals surface area contributed by atoms with E-state index in [2.05, 4.69) is 6.07 Å². The number of para-hydroxylation sites is 1. The summed E-state index contributed by atoms with van der Waals surface area (Å²) in [6.07, 6.45) is 2.08. The van der Waals surface area contributed by atoms with Crippen molar-refractivity contribution in [1.29, 1.82) is 5.26 Å². The van der Waals surface area contributed by atoms with Crippen LogP contribution in [0.5, 0.6) is 0 Å². The summed E-state index contributed by atoms with van der Waals surface area (Å²) >= 11 is 0. The van der Waals surface area contributed by atoms with E-state index in [0.717, 1.165) is 16.6 Å². The van der Waals surface area contributed by atoms with Crippen LogP contribution in [0, 0.1) is 11.3 Å². The van der Waals surface area contributed by atoms with Gasteiger partial charge in [0.05, 0.1) is 18.1 Å². The molecule has 0 aliphatic carbocycles. The lowest BCUT2D eigenvalue weighted by Crippen LogP contribution is -2.15. The van der Waals surface area contributed by atoms with Gasteiger partial charge in [0, 0.05) is 49.0 Å². The lowest BCUT2D eigenvalue weighted by molar-refractivity contribution is 0.0475. The topological polar surface area (TPSA) is 75.3 Å². The number of aryl methyl sites for hydroxylation is 1. The van der Waals surface area contributed by atoms with Crippen LogP contribution in [0.1, 0.15) is 27.1 Å². The van der Waals surface area contributed by atoms with Crippen LogP contribution in [0.2, 0.25) is 0 Å². The number of ether oxygens (including phenoxy) is 1. The molecular weight excluding hydrogens is 354 g/mol. The van der Waals surface area contributed by atoms with Gasteiger partial charge in [0.15, 0.2) is 6.61 Å². The SMILES string of the molecule is CN(C)c1cccc(C(=O)OCC(=O)c2cn(CCC#N)c3ccccc23)c1. The maximum absolute atomic E-state index is 12.7. The number of hydrogen-bond acceptors (Lipinski definition) is 5. The molecule has 0 saturated heterocycles. The molecule has 28 heavy (non-hydrogen) atoms. The third-order valence-electron chi connectivity index (χ3n) is 4.49. The second-order valence-electron chi connectivity index (χ2n) is 6.61. The van der Waals surface area contributed by atoms with E-state index in [9.17, 15) is 9.59 Å². The van der Waals surface area contributed by atoms with E-state index in [0.29, 0.717) is 24.1 Å². The summed E-state index contributed by atoms with van der Waals surface area (Å²) in [6, 6.07) is 16.7. The van der Waals surface area contributed by atoms with Gasteiger partial charge in [-0.2, -0.15) is 5.26 Å². The molecule has 3 aromatic rings. The average molecular weight is 375 g/mol. The molecular formula is C22H21N3O3. The van der Waals surface area contributed by atoms with Crippen LogP contribution in [0.25, 0.3) is 10.9 Å². The number of carbonyl (C=O) groups excluding carboxylic acids is 2. The Morgan fingerprint density at radius 3 is 2.68 bits per heavy atom. The Morgan fingerprint density at radius 1 is 1.14 bits per heavy atom. The minimum atomic E-state index is -0.537. The molecule has 3 rings (SSSR count). The Morgan fingerprint density at radius 2 is 1.93 bits per heavy atom. The van der Waals surface area contributed by atoms with Gasteiger partial charge in [-0.3, -0.25) is 4.79 Å². The van der Waals surface area contributed by atoms with E-state index in [1.165, 1.54) is 0 Å². The first kappa shape index (κ1) is 19.2. The molecule has 6 heteroatoms. The molecule has 0 amide bonds. The smallest absolute Gasteiger partial charge is 0.338 e. The molecule has 0 radical (unpaired) electrons. The molecule has 0 spiro atoms. The minimum absolute atomic E-state index is 0.274. The number of nitrogens with zero attached hydrogens (tertiary/aromatic N) is 3. The second-order valence-corrected chi connectivity index (χ2v) is 6.61. The molecule has 1 aromatic heterocycles. The van der Waals surface area contributed by atoms with Gasteiger partial charge in [-0.15, -0.1) is 0 Å². The van der Waals surface area contributed by atoms with Crippen molar-refractivity contribution in [3.8, 4) is 6.07 Å².